The summed E-state index contributed by atoms with van der Waals surface area (Å²) in [6.45, 7) is 10.3. The molecular weight excluding hydrogens is 393 g/mol. The summed E-state index contributed by atoms with van der Waals surface area (Å²) >= 11 is 0. The maximum atomic E-state index is 13.8. The third kappa shape index (κ3) is 6.15. The Bertz CT molecular complexity index is 972. The van der Waals surface area contributed by atoms with Gasteiger partial charge in [-0.15, -0.1) is 0 Å². The van der Waals surface area contributed by atoms with Gasteiger partial charge in [-0.1, -0.05) is 45.0 Å². The van der Waals surface area contributed by atoms with Gasteiger partial charge in [0.1, 0.15) is 11.6 Å². The summed E-state index contributed by atoms with van der Waals surface area (Å²) in [5.41, 5.74) is 2.64. The van der Waals surface area contributed by atoms with Crippen LogP contribution in [0.15, 0.2) is 54.6 Å². The zero-order valence-electron chi connectivity index (χ0n) is 18.8. The zero-order valence-corrected chi connectivity index (χ0v) is 18.8. The van der Waals surface area contributed by atoms with Crippen LogP contribution in [0.1, 0.15) is 38.4 Å². The maximum Gasteiger partial charge on any atom is 0.227 e. The molecule has 1 N–H and O–H groups in total. The molecular formula is C25H32FN3O2. The smallest absolute Gasteiger partial charge is 0.227 e. The fourth-order valence-corrected chi connectivity index (χ4v) is 3.58. The summed E-state index contributed by atoms with van der Waals surface area (Å²) in [5, 5.41) is 15.0. The minimum absolute atomic E-state index is 0.353. The van der Waals surface area contributed by atoms with Crippen LogP contribution in [-0.4, -0.2) is 39.0 Å². The van der Waals surface area contributed by atoms with Crippen molar-refractivity contribution < 1.29 is 14.2 Å². The van der Waals surface area contributed by atoms with E-state index in [0.717, 1.165) is 23.5 Å². The monoisotopic (exact) mass is 425 g/mol. The quantitative estimate of drug-likeness (QED) is 0.476. The van der Waals surface area contributed by atoms with Crippen molar-refractivity contribution in [3.63, 3.8) is 0 Å². The Hall–Kier alpha value is -2.70. The van der Waals surface area contributed by atoms with Crippen LogP contribution < -0.4 is 4.74 Å². The molecule has 0 saturated heterocycles. The average molecular weight is 426 g/mol. The molecule has 5 nitrogen and oxygen atoms in total. The lowest BCUT2D eigenvalue weighted by Crippen LogP contribution is -2.34. The first-order valence-electron chi connectivity index (χ1n) is 10.8. The number of rotatable bonds is 10. The number of aryl methyl sites for hydroxylation is 1. The highest BCUT2D eigenvalue weighted by Crippen LogP contribution is 2.32. The van der Waals surface area contributed by atoms with Crippen molar-refractivity contribution in [1.82, 2.24) is 14.7 Å². The molecule has 0 fully saturated rings. The van der Waals surface area contributed by atoms with Gasteiger partial charge >= 0.3 is 0 Å². The number of nitrogens with zero attached hydrogens (tertiary/aromatic N) is 3. The third-order valence-corrected chi connectivity index (χ3v) is 5.09. The normalized spacial score (nSPS) is 12.5. The van der Waals surface area contributed by atoms with Gasteiger partial charge < -0.3 is 9.84 Å². The van der Waals surface area contributed by atoms with Crippen molar-refractivity contribution in [1.29, 1.82) is 0 Å². The predicted octanol–water partition coefficient (Wildman–Crippen LogP) is 5.34. The molecule has 0 radical (unpaired) electrons. The minimum Gasteiger partial charge on any atom is -0.438 e. The van der Waals surface area contributed by atoms with Crippen molar-refractivity contribution >= 4 is 0 Å². The molecule has 31 heavy (non-hydrogen) atoms. The number of hydrogen-bond acceptors (Lipinski definition) is 4. The van der Waals surface area contributed by atoms with Crippen molar-refractivity contribution in [3.8, 4) is 17.3 Å². The number of halogens is 1. The number of aliphatic hydroxyl groups is 1. The molecule has 3 aromatic rings. The molecule has 0 aliphatic heterocycles. The predicted molar refractivity (Wildman–Crippen MR) is 121 cm³/mol. The Morgan fingerprint density at radius 1 is 1.10 bits per heavy atom. The van der Waals surface area contributed by atoms with Gasteiger partial charge in [-0.25, -0.2) is 9.07 Å². The molecule has 0 amide bonds. The van der Waals surface area contributed by atoms with Gasteiger partial charge in [0.15, 0.2) is 0 Å². The van der Waals surface area contributed by atoms with E-state index in [4.69, 9.17) is 9.84 Å². The van der Waals surface area contributed by atoms with Gasteiger partial charge in [0, 0.05) is 25.7 Å². The summed E-state index contributed by atoms with van der Waals surface area (Å²) in [5.74, 6) is 1.08. The Labute approximate surface area is 184 Å². The maximum absolute atomic E-state index is 13.8. The molecule has 0 aliphatic carbocycles. The van der Waals surface area contributed by atoms with Crippen LogP contribution in [0.2, 0.25) is 0 Å². The number of benzene rings is 2. The average Bonchev–Trinajstić information content (AvgIpc) is 3.03. The highest BCUT2D eigenvalue weighted by Gasteiger charge is 2.23. The molecule has 1 aromatic heterocycles. The lowest BCUT2D eigenvalue weighted by molar-refractivity contribution is 0.0980. The second kappa shape index (κ2) is 10.6. The summed E-state index contributed by atoms with van der Waals surface area (Å²) in [4.78, 5) is 2.23. The summed E-state index contributed by atoms with van der Waals surface area (Å²) < 4.78 is 21.8. The lowest BCUT2D eigenvalue weighted by atomic mass is 10.1. The van der Waals surface area contributed by atoms with E-state index < -0.39 is 6.10 Å². The molecule has 0 spiro atoms. The molecule has 2 aromatic carbocycles. The summed E-state index contributed by atoms with van der Waals surface area (Å²) in [6, 6.07) is 15.9. The van der Waals surface area contributed by atoms with Gasteiger partial charge in [-0.05, 0) is 43.5 Å². The van der Waals surface area contributed by atoms with Crippen LogP contribution in [0.4, 0.5) is 4.39 Å². The SMILES string of the molecule is CCC(O)CN(Cc1c(C)nn(-c2ccccc2)c1Oc1cccc(F)c1)CC(C)C. The fraction of sp³-hybridized carbons (Fsp3) is 0.400. The van der Waals surface area contributed by atoms with Gasteiger partial charge in [-0.3, -0.25) is 4.90 Å². The zero-order chi connectivity index (χ0) is 22.4. The van der Waals surface area contributed by atoms with E-state index in [1.54, 1.807) is 16.8 Å². The number of para-hydroxylation sites is 1. The number of hydrogen-bond donors (Lipinski definition) is 1. The number of aromatic nitrogens is 2. The molecule has 3 rings (SSSR count). The van der Waals surface area contributed by atoms with E-state index >= 15 is 0 Å². The molecule has 1 heterocycles. The second-order valence-corrected chi connectivity index (χ2v) is 8.33. The molecule has 0 aliphatic rings. The number of aliphatic hydroxyl groups excluding tert-OH is 1. The van der Waals surface area contributed by atoms with Crippen molar-refractivity contribution in [2.45, 2.75) is 46.8 Å². The van der Waals surface area contributed by atoms with E-state index in [1.807, 2.05) is 44.2 Å². The van der Waals surface area contributed by atoms with Crippen LogP contribution in [0, 0.1) is 18.7 Å². The fourth-order valence-electron chi connectivity index (χ4n) is 3.58. The number of ether oxygens (including phenoxy) is 1. The molecule has 6 heteroatoms. The highest BCUT2D eigenvalue weighted by atomic mass is 19.1. The molecule has 1 unspecified atom stereocenters. The van der Waals surface area contributed by atoms with Crippen LogP contribution in [0.5, 0.6) is 11.6 Å². The van der Waals surface area contributed by atoms with E-state index in [0.29, 0.717) is 37.1 Å². The Morgan fingerprint density at radius 3 is 2.48 bits per heavy atom. The van der Waals surface area contributed by atoms with E-state index in [9.17, 15) is 9.50 Å². The van der Waals surface area contributed by atoms with Crippen LogP contribution in [0.25, 0.3) is 5.69 Å². The first-order valence-corrected chi connectivity index (χ1v) is 10.8. The first-order chi connectivity index (χ1) is 14.9. The van der Waals surface area contributed by atoms with Crippen LogP contribution in [0.3, 0.4) is 0 Å². The van der Waals surface area contributed by atoms with Gasteiger partial charge in [-0.2, -0.15) is 5.10 Å². The molecule has 166 valence electrons. The van der Waals surface area contributed by atoms with Crippen molar-refractivity contribution in [2.24, 2.45) is 5.92 Å². The molecule has 1 atom stereocenters. The molecule has 0 bridgehead atoms. The lowest BCUT2D eigenvalue weighted by Gasteiger charge is -2.26. The van der Waals surface area contributed by atoms with Crippen molar-refractivity contribution in [2.75, 3.05) is 13.1 Å². The van der Waals surface area contributed by atoms with E-state index in [1.165, 1.54) is 12.1 Å². The topological polar surface area (TPSA) is 50.5 Å². The van der Waals surface area contributed by atoms with E-state index in [2.05, 4.69) is 18.7 Å². The third-order valence-electron chi connectivity index (χ3n) is 5.09. The summed E-state index contributed by atoms with van der Waals surface area (Å²) in [7, 11) is 0. The largest absolute Gasteiger partial charge is 0.438 e. The highest BCUT2D eigenvalue weighted by molar-refractivity contribution is 5.43. The van der Waals surface area contributed by atoms with Gasteiger partial charge in [0.05, 0.1) is 23.0 Å². The Morgan fingerprint density at radius 2 is 1.84 bits per heavy atom. The first kappa shape index (κ1) is 23.0. The van der Waals surface area contributed by atoms with Crippen LogP contribution in [-0.2, 0) is 6.54 Å². The van der Waals surface area contributed by atoms with Gasteiger partial charge in [0.25, 0.3) is 0 Å². The van der Waals surface area contributed by atoms with Crippen LogP contribution >= 0.6 is 0 Å². The van der Waals surface area contributed by atoms with E-state index in [-0.39, 0.29) is 5.82 Å². The standard InChI is InChI=1S/C25H32FN3O2/c1-5-22(30)16-28(15-18(2)3)17-24-19(4)27-29(21-11-7-6-8-12-21)25(24)31-23-13-9-10-20(26)14-23/h6-14,18,22,30H,5,15-17H2,1-4H3. The summed E-state index contributed by atoms with van der Waals surface area (Å²) in [6.07, 6.45) is 0.305. The Kier molecular flexibility index (Phi) is 7.82. The van der Waals surface area contributed by atoms with Gasteiger partial charge in [0.2, 0.25) is 5.88 Å². The second-order valence-electron chi connectivity index (χ2n) is 8.33. The molecule has 0 saturated carbocycles. The Balaban J connectivity index is 2.02. The minimum atomic E-state index is -0.393. The van der Waals surface area contributed by atoms with Crippen molar-refractivity contribution in [3.05, 3.63) is 71.7 Å².